The van der Waals surface area contributed by atoms with Crippen molar-refractivity contribution < 1.29 is 9.50 Å². The molecule has 17 heavy (non-hydrogen) atoms. The molecule has 0 aliphatic rings. The van der Waals surface area contributed by atoms with Gasteiger partial charge >= 0.3 is 0 Å². The lowest BCUT2D eigenvalue weighted by Gasteiger charge is -2.01. The molecule has 1 aromatic carbocycles. The molecule has 5 heteroatoms. The van der Waals surface area contributed by atoms with Gasteiger partial charge in [-0.05, 0) is 12.5 Å². The largest absolute Gasteiger partial charge is 0.396 e. The standard InChI is InChI=1S/C12H12ClFN2O/c13-11-4-1-3-10(12(11)14)9-7-15-16(8-9)5-2-6-17/h1,3-4,7-8,17H,2,5-6H2. The highest BCUT2D eigenvalue weighted by Gasteiger charge is 2.10. The molecule has 0 fully saturated rings. The van der Waals surface area contributed by atoms with Gasteiger partial charge in [-0.25, -0.2) is 4.39 Å². The third kappa shape index (κ3) is 2.65. The Morgan fingerprint density at radius 1 is 1.41 bits per heavy atom. The second kappa shape index (κ2) is 5.29. The van der Waals surface area contributed by atoms with Gasteiger partial charge in [-0.15, -0.1) is 0 Å². The number of aryl methyl sites for hydroxylation is 1. The van der Waals surface area contributed by atoms with Crippen LogP contribution in [-0.4, -0.2) is 21.5 Å². The van der Waals surface area contributed by atoms with Gasteiger partial charge in [0.1, 0.15) is 5.82 Å². The van der Waals surface area contributed by atoms with Crippen molar-refractivity contribution in [3.8, 4) is 11.1 Å². The highest BCUT2D eigenvalue weighted by atomic mass is 35.5. The minimum atomic E-state index is -0.434. The van der Waals surface area contributed by atoms with Crippen LogP contribution in [0.25, 0.3) is 11.1 Å². The fraction of sp³-hybridized carbons (Fsp3) is 0.250. The van der Waals surface area contributed by atoms with Crippen LogP contribution < -0.4 is 0 Å². The number of hydrogen-bond donors (Lipinski definition) is 1. The molecular weight excluding hydrogens is 243 g/mol. The fourth-order valence-electron chi connectivity index (χ4n) is 1.58. The zero-order valence-corrected chi connectivity index (χ0v) is 9.86. The van der Waals surface area contributed by atoms with Gasteiger partial charge in [0.15, 0.2) is 0 Å². The number of benzene rings is 1. The topological polar surface area (TPSA) is 38.0 Å². The van der Waals surface area contributed by atoms with Crippen LogP contribution in [0.5, 0.6) is 0 Å². The molecule has 1 N–H and O–H groups in total. The monoisotopic (exact) mass is 254 g/mol. The minimum Gasteiger partial charge on any atom is -0.396 e. The van der Waals surface area contributed by atoms with Gasteiger partial charge < -0.3 is 5.11 Å². The van der Waals surface area contributed by atoms with E-state index in [9.17, 15) is 4.39 Å². The molecule has 0 amide bonds. The second-order valence-corrected chi connectivity index (χ2v) is 4.08. The van der Waals surface area contributed by atoms with E-state index >= 15 is 0 Å². The van der Waals surface area contributed by atoms with Crippen LogP contribution in [0.2, 0.25) is 5.02 Å². The van der Waals surface area contributed by atoms with Gasteiger partial charge in [-0.2, -0.15) is 5.10 Å². The molecule has 2 rings (SSSR count). The normalized spacial score (nSPS) is 10.8. The van der Waals surface area contributed by atoms with Gasteiger partial charge in [0.05, 0.1) is 11.2 Å². The molecule has 0 spiro atoms. The summed E-state index contributed by atoms with van der Waals surface area (Å²) >= 11 is 5.72. The lowest BCUT2D eigenvalue weighted by atomic mass is 10.1. The number of aliphatic hydroxyl groups is 1. The molecule has 0 radical (unpaired) electrons. The Balaban J connectivity index is 2.27. The first-order valence-electron chi connectivity index (χ1n) is 5.30. The van der Waals surface area contributed by atoms with Crippen LogP contribution in [0.15, 0.2) is 30.6 Å². The van der Waals surface area contributed by atoms with Crippen LogP contribution in [0.3, 0.4) is 0 Å². The van der Waals surface area contributed by atoms with Crippen molar-refractivity contribution in [1.29, 1.82) is 0 Å². The van der Waals surface area contributed by atoms with Crippen LogP contribution in [0.4, 0.5) is 4.39 Å². The van der Waals surface area contributed by atoms with Crippen molar-refractivity contribution in [2.24, 2.45) is 0 Å². The van der Waals surface area contributed by atoms with Gasteiger partial charge in [-0.3, -0.25) is 4.68 Å². The van der Waals surface area contributed by atoms with E-state index in [1.165, 1.54) is 6.07 Å². The van der Waals surface area contributed by atoms with Crippen molar-refractivity contribution in [3.05, 3.63) is 41.4 Å². The smallest absolute Gasteiger partial charge is 0.149 e. The van der Waals surface area contributed by atoms with Crippen molar-refractivity contribution in [2.75, 3.05) is 6.61 Å². The fourth-order valence-corrected chi connectivity index (χ4v) is 1.76. The summed E-state index contributed by atoms with van der Waals surface area (Å²) in [6.07, 6.45) is 3.95. The number of rotatable bonds is 4. The number of aromatic nitrogens is 2. The molecule has 0 saturated carbocycles. The molecule has 0 atom stereocenters. The van der Waals surface area contributed by atoms with E-state index in [1.807, 2.05) is 0 Å². The molecule has 0 aliphatic heterocycles. The summed E-state index contributed by atoms with van der Waals surface area (Å²) in [6.45, 7) is 0.722. The summed E-state index contributed by atoms with van der Waals surface area (Å²) in [7, 11) is 0. The molecule has 3 nitrogen and oxygen atoms in total. The third-order valence-corrected chi connectivity index (χ3v) is 2.73. The van der Waals surface area contributed by atoms with E-state index in [2.05, 4.69) is 5.10 Å². The Bertz CT molecular complexity index is 513. The van der Waals surface area contributed by atoms with Crippen molar-refractivity contribution >= 4 is 11.6 Å². The molecule has 0 bridgehead atoms. The molecule has 1 heterocycles. The summed E-state index contributed by atoms with van der Waals surface area (Å²) < 4.78 is 15.4. The molecule has 0 unspecified atom stereocenters. The number of nitrogens with zero attached hydrogens (tertiary/aromatic N) is 2. The van der Waals surface area contributed by atoms with Gasteiger partial charge in [0.25, 0.3) is 0 Å². The van der Waals surface area contributed by atoms with Gasteiger partial charge in [0, 0.05) is 30.5 Å². The molecule has 90 valence electrons. The lowest BCUT2D eigenvalue weighted by Crippen LogP contribution is -1.99. The number of hydrogen-bond acceptors (Lipinski definition) is 2. The Kier molecular flexibility index (Phi) is 3.76. The Morgan fingerprint density at radius 2 is 2.24 bits per heavy atom. The first-order chi connectivity index (χ1) is 8.22. The highest BCUT2D eigenvalue weighted by molar-refractivity contribution is 6.31. The van der Waals surface area contributed by atoms with E-state index < -0.39 is 5.82 Å². The zero-order chi connectivity index (χ0) is 12.3. The van der Waals surface area contributed by atoms with Crippen LogP contribution in [0.1, 0.15) is 6.42 Å². The third-order valence-electron chi connectivity index (χ3n) is 2.44. The van der Waals surface area contributed by atoms with E-state index in [1.54, 1.807) is 29.2 Å². The lowest BCUT2D eigenvalue weighted by molar-refractivity contribution is 0.277. The van der Waals surface area contributed by atoms with Crippen LogP contribution in [-0.2, 0) is 6.54 Å². The average molecular weight is 255 g/mol. The van der Waals surface area contributed by atoms with Crippen LogP contribution >= 0.6 is 11.6 Å². The minimum absolute atomic E-state index is 0.102. The summed E-state index contributed by atoms with van der Waals surface area (Å²) in [6, 6.07) is 4.87. The predicted molar refractivity (Wildman–Crippen MR) is 64.3 cm³/mol. The quantitative estimate of drug-likeness (QED) is 0.911. The molecule has 0 saturated heterocycles. The Morgan fingerprint density at radius 3 is 3.00 bits per heavy atom. The summed E-state index contributed by atoms with van der Waals surface area (Å²) in [4.78, 5) is 0. The highest BCUT2D eigenvalue weighted by Crippen LogP contribution is 2.26. The predicted octanol–water partition coefficient (Wildman–Crippen LogP) is 2.73. The first-order valence-corrected chi connectivity index (χ1v) is 5.68. The van der Waals surface area contributed by atoms with E-state index in [0.29, 0.717) is 24.1 Å². The maximum absolute atomic E-state index is 13.7. The molecule has 0 aliphatic carbocycles. The van der Waals surface area contributed by atoms with Gasteiger partial charge in [0.2, 0.25) is 0 Å². The van der Waals surface area contributed by atoms with Crippen molar-refractivity contribution in [2.45, 2.75) is 13.0 Å². The maximum Gasteiger partial charge on any atom is 0.149 e. The molecular formula is C12H12ClFN2O. The maximum atomic E-state index is 13.7. The second-order valence-electron chi connectivity index (χ2n) is 3.67. The summed E-state index contributed by atoms with van der Waals surface area (Å²) in [5.74, 6) is -0.434. The SMILES string of the molecule is OCCCn1cc(-c2cccc(Cl)c2F)cn1. The summed E-state index contributed by atoms with van der Waals surface area (Å²) in [5, 5.41) is 12.9. The van der Waals surface area contributed by atoms with E-state index in [0.717, 1.165) is 0 Å². The Hall–Kier alpha value is -1.39. The average Bonchev–Trinajstić information content (AvgIpc) is 2.78. The van der Waals surface area contributed by atoms with Crippen molar-refractivity contribution in [3.63, 3.8) is 0 Å². The first kappa shape index (κ1) is 12.1. The van der Waals surface area contributed by atoms with E-state index in [4.69, 9.17) is 16.7 Å². The molecule has 1 aromatic heterocycles. The Labute approximate surface area is 103 Å². The van der Waals surface area contributed by atoms with Crippen LogP contribution in [0, 0.1) is 5.82 Å². The van der Waals surface area contributed by atoms with Gasteiger partial charge in [-0.1, -0.05) is 23.7 Å². The zero-order valence-electron chi connectivity index (χ0n) is 9.11. The number of halogens is 2. The molecule has 2 aromatic rings. The number of aliphatic hydroxyl groups excluding tert-OH is 1. The van der Waals surface area contributed by atoms with E-state index in [-0.39, 0.29) is 11.6 Å². The summed E-state index contributed by atoms with van der Waals surface area (Å²) in [5.41, 5.74) is 1.12. The van der Waals surface area contributed by atoms with Crippen molar-refractivity contribution in [1.82, 2.24) is 9.78 Å².